The summed E-state index contributed by atoms with van der Waals surface area (Å²) < 4.78 is 1.97. The van der Waals surface area contributed by atoms with Gasteiger partial charge in [0.05, 0.1) is 17.6 Å². The summed E-state index contributed by atoms with van der Waals surface area (Å²) in [6, 6.07) is 21.2. The van der Waals surface area contributed by atoms with E-state index >= 15 is 0 Å². The molecule has 0 saturated carbocycles. The Hall–Kier alpha value is -2.39. The van der Waals surface area contributed by atoms with E-state index in [4.69, 9.17) is 0 Å². The first kappa shape index (κ1) is 13.6. The molecule has 0 radical (unpaired) electrons. The lowest BCUT2D eigenvalue weighted by Crippen LogP contribution is -2.11. The number of hydrogen-bond acceptors (Lipinski definition) is 2. The van der Waals surface area contributed by atoms with Crippen LogP contribution < -0.4 is 5.32 Å². The molecule has 3 nitrogen and oxygen atoms in total. The summed E-state index contributed by atoms with van der Waals surface area (Å²) in [5.74, 6) is 0. The number of para-hydroxylation sites is 1. The van der Waals surface area contributed by atoms with Crippen LogP contribution in [0.5, 0.6) is 0 Å². The van der Waals surface area contributed by atoms with Gasteiger partial charge in [-0.3, -0.25) is 0 Å². The van der Waals surface area contributed by atoms with E-state index in [-0.39, 0.29) is 0 Å². The van der Waals surface area contributed by atoms with Gasteiger partial charge in [0.1, 0.15) is 0 Å². The van der Waals surface area contributed by atoms with Crippen LogP contribution in [0.2, 0.25) is 0 Å². The van der Waals surface area contributed by atoms with Gasteiger partial charge in [0, 0.05) is 11.6 Å². The monoisotopic (exact) mass is 277 g/mol. The lowest BCUT2D eigenvalue weighted by Gasteiger charge is -2.12. The molecule has 0 aliphatic carbocycles. The summed E-state index contributed by atoms with van der Waals surface area (Å²) in [6.45, 7) is 2.16. The molecule has 3 rings (SSSR count). The maximum atomic E-state index is 4.44. The number of nitrogens with one attached hydrogen (secondary N) is 1. The van der Waals surface area contributed by atoms with Crippen LogP contribution in [0.1, 0.15) is 18.5 Å². The predicted octanol–water partition coefficient (Wildman–Crippen LogP) is 3.82. The van der Waals surface area contributed by atoms with E-state index in [1.807, 2.05) is 42.2 Å². The van der Waals surface area contributed by atoms with Crippen LogP contribution in [-0.4, -0.2) is 16.8 Å². The van der Waals surface area contributed by atoms with Crippen LogP contribution in [0.25, 0.3) is 16.9 Å². The van der Waals surface area contributed by atoms with Crippen LogP contribution in [0.4, 0.5) is 0 Å². The van der Waals surface area contributed by atoms with Crippen LogP contribution in [0.15, 0.2) is 66.9 Å². The maximum Gasteiger partial charge on any atom is 0.0740 e. The van der Waals surface area contributed by atoms with Crippen molar-refractivity contribution in [2.75, 3.05) is 7.05 Å². The molecule has 1 atom stereocenters. The van der Waals surface area contributed by atoms with Crippen LogP contribution in [0.3, 0.4) is 0 Å². The molecule has 0 amide bonds. The highest BCUT2D eigenvalue weighted by Crippen LogP contribution is 2.24. The third-order valence-electron chi connectivity index (χ3n) is 3.78. The van der Waals surface area contributed by atoms with E-state index in [2.05, 4.69) is 53.7 Å². The topological polar surface area (TPSA) is 29.9 Å². The second kappa shape index (κ2) is 5.94. The largest absolute Gasteiger partial charge is 0.313 e. The van der Waals surface area contributed by atoms with Gasteiger partial charge < -0.3 is 5.32 Å². The number of aromatic nitrogens is 2. The first-order valence-corrected chi connectivity index (χ1v) is 7.16. The normalized spacial score (nSPS) is 12.3. The Morgan fingerprint density at radius 2 is 1.67 bits per heavy atom. The van der Waals surface area contributed by atoms with E-state index in [0.29, 0.717) is 6.04 Å². The molecule has 0 aliphatic rings. The third kappa shape index (κ3) is 2.73. The van der Waals surface area contributed by atoms with Crippen LogP contribution in [-0.2, 0) is 0 Å². The second-order valence-electron chi connectivity index (χ2n) is 5.10. The molecule has 0 spiro atoms. The number of hydrogen-bond donors (Lipinski definition) is 1. The van der Waals surface area contributed by atoms with Crippen molar-refractivity contribution in [2.24, 2.45) is 0 Å². The SMILES string of the molecule is CNC(C)c1ccc(-c2ccnn2-c2ccccc2)cc1. The lowest BCUT2D eigenvalue weighted by atomic mass is 10.0. The zero-order chi connectivity index (χ0) is 14.7. The summed E-state index contributed by atoms with van der Waals surface area (Å²) in [5, 5.41) is 7.70. The third-order valence-corrected chi connectivity index (χ3v) is 3.78. The molecule has 3 heteroatoms. The van der Waals surface area contributed by atoms with E-state index in [1.165, 1.54) is 11.1 Å². The van der Waals surface area contributed by atoms with E-state index in [9.17, 15) is 0 Å². The van der Waals surface area contributed by atoms with Gasteiger partial charge in [0.15, 0.2) is 0 Å². The fourth-order valence-electron chi connectivity index (χ4n) is 2.41. The Morgan fingerprint density at radius 3 is 2.33 bits per heavy atom. The summed E-state index contributed by atoms with van der Waals surface area (Å²) in [5.41, 5.74) is 4.63. The Kier molecular flexibility index (Phi) is 3.84. The molecule has 106 valence electrons. The molecule has 3 aromatic rings. The van der Waals surface area contributed by atoms with E-state index < -0.39 is 0 Å². The van der Waals surface area contributed by atoms with Crippen molar-refractivity contribution in [3.8, 4) is 16.9 Å². The van der Waals surface area contributed by atoms with Gasteiger partial charge in [-0.25, -0.2) is 4.68 Å². The van der Waals surface area contributed by atoms with Crippen molar-refractivity contribution in [2.45, 2.75) is 13.0 Å². The Bertz CT molecular complexity index is 699. The predicted molar refractivity (Wildman–Crippen MR) is 86.5 cm³/mol. The van der Waals surface area contributed by atoms with Gasteiger partial charge in [0.2, 0.25) is 0 Å². The van der Waals surface area contributed by atoms with Crippen molar-refractivity contribution in [3.63, 3.8) is 0 Å². The van der Waals surface area contributed by atoms with Crippen LogP contribution >= 0.6 is 0 Å². The van der Waals surface area contributed by atoms with E-state index in [0.717, 1.165) is 11.4 Å². The van der Waals surface area contributed by atoms with Gasteiger partial charge in [-0.2, -0.15) is 5.10 Å². The summed E-state index contributed by atoms with van der Waals surface area (Å²) >= 11 is 0. The molecule has 0 saturated heterocycles. The Balaban J connectivity index is 1.97. The summed E-state index contributed by atoms with van der Waals surface area (Å²) in [4.78, 5) is 0. The number of nitrogens with zero attached hydrogens (tertiary/aromatic N) is 2. The maximum absolute atomic E-state index is 4.44. The van der Waals surface area contributed by atoms with Crippen molar-refractivity contribution in [1.29, 1.82) is 0 Å². The number of rotatable bonds is 4. The molecule has 0 aliphatic heterocycles. The molecule has 0 fully saturated rings. The molecular weight excluding hydrogens is 258 g/mol. The van der Waals surface area contributed by atoms with Crippen LogP contribution in [0, 0.1) is 0 Å². The van der Waals surface area contributed by atoms with Gasteiger partial charge in [-0.05, 0) is 37.7 Å². The second-order valence-corrected chi connectivity index (χ2v) is 5.10. The molecule has 1 aromatic heterocycles. The van der Waals surface area contributed by atoms with Gasteiger partial charge >= 0.3 is 0 Å². The molecule has 1 heterocycles. The fourth-order valence-corrected chi connectivity index (χ4v) is 2.41. The average Bonchev–Trinajstić information content (AvgIpc) is 3.04. The standard InChI is InChI=1S/C18H19N3/c1-14(19-2)15-8-10-16(11-9-15)18-12-13-20-21(18)17-6-4-3-5-7-17/h3-14,19H,1-2H3. The molecule has 1 unspecified atom stereocenters. The molecular formula is C18H19N3. The highest BCUT2D eigenvalue weighted by atomic mass is 15.3. The Labute approximate surface area is 125 Å². The Morgan fingerprint density at radius 1 is 0.952 bits per heavy atom. The molecule has 0 bridgehead atoms. The van der Waals surface area contributed by atoms with E-state index in [1.54, 1.807) is 0 Å². The zero-order valence-electron chi connectivity index (χ0n) is 12.3. The van der Waals surface area contributed by atoms with Gasteiger partial charge in [0.25, 0.3) is 0 Å². The highest BCUT2D eigenvalue weighted by molar-refractivity contribution is 5.62. The first-order valence-electron chi connectivity index (χ1n) is 7.16. The smallest absolute Gasteiger partial charge is 0.0740 e. The average molecular weight is 277 g/mol. The molecule has 21 heavy (non-hydrogen) atoms. The minimum Gasteiger partial charge on any atom is -0.313 e. The lowest BCUT2D eigenvalue weighted by molar-refractivity contribution is 0.652. The minimum atomic E-state index is 0.359. The van der Waals surface area contributed by atoms with Gasteiger partial charge in [-0.1, -0.05) is 42.5 Å². The summed E-state index contributed by atoms with van der Waals surface area (Å²) in [7, 11) is 1.98. The quantitative estimate of drug-likeness (QED) is 0.785. The minimum absolute atomic E-state index is 0.359. The fraction of sp³-hybridized carbons (Fsp3) is 0.167. The molecule has 2 aromatic carbocycles. The van der Waals surface area contributed by atoms with Crippen molar-refractivity contribution in [3.05, 3.63) is 72.4 Å². The summed E-state index contributed by atoms with van der Waals surface area (Å²) in [6.07, 6.45) is 1.84. The highest BCUT2D eigenvalue weighted by Gasteiger charge is 2.08. The van der Waals surface area contributed by atoms with Crippen molar-refractivity contribution >= 4 is 0 Å². The zero-order valence-corrected chi connectivity index (χ0v) is 12.3. The van der Waals surface area contributed by atoms with Crippen molar-refractivity contribution in [1.82, 2.24) is 15.1 Å². The molecule has 1 N–H and O–H groups in total. The first-order chi connectivity index (χ1) is 10.3. The van der Waals surface area contributed by atoms with Gasteiger partial charge in [-0.15, -0.1) is 0 Å². The van der Waals surface area contributed by atoms with Crippen molar-refractivity contribution < 1.29 is 0 Å². The number of benzene rings is 2.